The Morgan fingerprint density at radius 3 is 2.90 bits per heavy atom. The minimum Gasteiger partial charge on any atom is -0.329 e. The summed E-state index contributed by atoms with van der Waals surface area (Å²) < 4.78 is 2.15. The average molecular weight is 271 g/mol. The Balaban J connectivity index is 1.77. The van der Waals surface area contributed by atoms with Gasteiger partial charge in [-0.15, -0.1) is 10.2 Å². The molecule has 0 aliphatic rings. The maximum absolute atomic E-state index is 4.40. The summed E-state index contributed by atoms with van der Waals surface area (Å²) in [7, 11) is 3.72. The fourth-order valence-corrected chi connectivity index (χ4v) is 2.28. The highest BCUT2D eigenvalue weighted by atomic mass is 15.6. The van der Waals surface area contributed by atoms with Crippen LogP contribution in [-0.2, 0) is 20.0 Å². The van der Waals surface area contributed by atoms with Crippen LogP contribution in [0.5, 0.6) is 0 Å². The number of nitrogens with zero attached hydrogens (tertiary/aromatic N) is 6. The molecule has 0 fully saturated rings. The molecule has 0 radical (unpaired) electrons. The van der Waals surface area contributed by atoms with E-state index >= 15 is 0 Å². The van der Waals surface area contributed by atoms with E-state index in [1.807, 2.05) is 31.6 Å². The lowest BCUT2D eigenvalue weighted by molar-refractivity contribution is 0.475. The lowest BCUT2D eigenvalue weighted by Gasteiger charge is -2.15. The first kappa shape index (κ1) is 12.7. The molecule has 2 aromatic heterocycles. The maximum Gasteiger partial charge on any atom is 0.176 e. The van der Waals surface area contributed by atoms with Gasteiger partial charge in [0.1, 0.15) is 0 Å². The summed E-state index contributed by atoms with van der Waals surface area (Å²) in [4.78, 5) is 5.89. The minimum absolute atomic E-state index is 0.233. The van der Waals surface area contributed by atoms with Crippen molar-refractivity contribution in [3.63, 3.8) is 0 Å². The molecule has 0 aliphatic carbocycles. The van der Waals surface area contributed by atoms with Gasteiger partial charge < -0.3 is 9.88 Å². The molecule has 7 heteroatoms. The molecule has 0 bridgehead atoms. The van der Waals surface area contributed by atoms with Gasteiger partial charge in [0.2, 0.25) is 0 Å². The molecule has 3 aromatic rings. The zero-order chi connectivity index (χ0) is 13.9. The van der Waals surface area contributed by atoms with E-state index in [1.165, 1.54) is 4.80 Å². The van der Waals surface area contributed by atoms with Crippen molar-refractivity contribution < 1.29 is 0 Å². The Bertz CT molecular complexity index is 699. The van der Waals surface area contributed by atoms with Crippen molar-refractivity contribution >= 4 is 11.0 Å². The van der Waals surface area contributed by atoms with Crippen molar-refractivity contribution in [3.05, 3.63) is 36.4 Å². The normalized spacial score (nSPS) is 12.9. The van der Waals surface area contributed by atoms with Gasteiger partial charge in [-0.25, -0.2) is 4.98 Å². The van der Waals surface area contributed by atoms with E-state index in [0.29, 0.717) is 0 Å². The third-order valence-corrected chi connectivity index (χ3v) is 3.33. The van der Waals surface area contributed by atoms with Crippen molar-refractivity contribution in [1.29, 1.82) is 0 Å². The topological polar surface area (TPSA) is 73.5 Å². The van der Waals surface area contributed by atoms with Gasteiger partial charge in [0, 0.05) is 19.0 Å². The molecule has 1 unspecified atom stereocenters. The minimum atomic E-state index is 0.233. The lowest BCUT2D eigenvalue weighted by atomic mass is 10.2. The second-order valence-electron chi connectivity index (χ2n) is 4.77. The number of rotatable bonds is 5. The number of hydrogen-bond donors (Lipinski definition) is 1. The number of likely N-dealkylation sites (N-methyl/N-ethyl adjacent to an activating group) is 1. The van der Waals surface area contributed by atoms with Gasteiger partial charge in [0.15, 0.2) is 5.82 Å². The zero-order valence-corrected chi connectivity index (χ0v) is 11.6. The molecule has 0 saturated carbocycles. The van der Waals surface area contributed by atoms with E-state index in [0.717, 1.165) is 29.8 Å². The van der Waals surface area contributed by atoms with Crippen molar-refractivity contribution in [3.8, 4) is 0 Å². The Morgan fingerprint density at radius 1 is 1.30 bits per heavy atom. The number of benzene rings is 1. The van der Waals surface area contributed by atoms with Crippen LogP contribution in [0, 0.1) is 0 Å². The average Bonchev–Trinajstić information content (AvgIpc) is 3.05. The summed E-state index contributed by atoms with van der Waals surface area (Å²) in [6, 6.07) is 8.36. The van der Waals surface area contributed by atoms with Gasteiger partial charge in [-0.3, -0.25) is 0 Å². The van der Waals surface area contributed by atoms with Crippen molar-refractivity contribution in [1.82, 2.24) is 35.1 Å². The number of fused-ring (bicyclic) bond motifs is 1. The van der Waals surface area contributed by atoms with Crippen LogP contribution in [0.3, 0.4) is 0 Å². The summed E-state index contributed by atoms with van der Waals surface area (Å²) in [6.45, 7) is 0.815. The van der Waals surface area contributed by atoms with E-state index in [2.05, 4.69) is 36.3 Å². The van der Waals surface area contributed by atoms with Gasteiger partial charge in [0.25, 0.3) is 0 Å². The number of aromatic nitrogens is 6. The highest BCUT2D eigenvalue weighted by Crippen LogP contribution is 2.12. The standard InChI is InChI=1S/C13H17N7/c1-14-10(7-13-16-18-19(2)17-13)8-20-9-15-11-5-3-4-6-12(11)20/h3-6,9-10,14H,7-8H2,1-2H3. The third-order valence-electron chi connectivity index (χ3n) is 3.33. The van der Waals surface area contributed by atoms with Crippen LogP contribution in [0.4, 0.5) is 0 Å². The van der Waals surface area contributed by atoms with Crippen LogP contribution in [-0.4, -0.2) is 42.8 Å². The van der Waals surface area contributed by atoms with Crippen LogP contribution < -0.4 is 5.32 Å². The van der Waals surface area contributed by atoms with E-state index < -0.39 is 0 Å². The van der Waals surface area contributed by atoms with Gasteiger partial charge in [-0.1, -0.05) is 12.1 Å². The second-order valence-corrected chi connectivity index (χ2v) is 4.77. The van der Waals surface area contributed by atoms with Crippen molar-refractivity contribution in [2.24, 2.45) is 7.05 Å². The quantitative estimate of drug-likeness (QED) is 0.726. The van der Waals surface area contributed by atoms with Crippen LogP contribution in [0.1, 0.15) is 5.82 Å². The monoisotopic (exact) mass is 271 g/mol. The van der Waals surface area contributed by atoms with Gasteiger partial charge >= 0.3 is 0 Å². The molecule has 2 heterocycles. The summed E-state index contributed by atoms with van der Waals surface area (Å²) >= 11 is 0. The van der Waals surface area contributed by atoms with Crippen LogP contribution in [0.25, 0.3) is 11.0 Å². The maximum atomic E-state index is 4.40. The molecule has 20 heavy (non-hydrogen) atoms. The van der Waals surface area contributed by atoms with Gasteiger partial charge in [-0.05, 0) is 24.4 Å². The predicted molar refractivity (Wildman–Crippen MR) is 75.1 cm³/mol. The molecule has 1 atom stereocenters. The number of imidazole rings is 1. The highest BCUT2D eigenvalue weighted by molar-refractivity contribution is 5.74. The molecular formula is C13H17N7. The van der Waals surface area contributed by atoms with Crippen molar-refractivity contribution in [2.75, 3.05) is 7.05 Å². The van der Waals surface area contributed by atoms with E-state index in [4.69, 9.17) is 0 Å². The largest absolute Gasteiger partial charge is 0.329 e. The van der Waals surface area contributed by atoms with E-state index in [9.17, 15) is 0 Å². The van der Waals surface area contributed by atoms with Gasteiger partial charge in [0.05, 0.1) is 24.4 Å². The first-order valence-electron chi connectivity index (χ1n) is 6.56. The first-order valence-corrected chi connectivity index (χ1v) is 6.56. The molecular weight excluding hydrogens is 254 g/mol. The third kappa shape index (κ3) is 2.53. The highest BCUT2D eigenvalue weighted by Gasteiger charge is 2.13. The number of hydrogen-bond acceptors (Lipinski definition) is 5. The molecule has 104 valence electrons. The summed E-state index contributed by atoms with van der Waals surface area (Å²) in [5.41, 5.74) is 2.15. The summed E-state index contributed by atoms with van der Waals surface area (Å²) in [6.07, 6.45) is 2.61. The number of tetrazole rings is 1. The van der Waals surface area contributed by atoms with Crippen molar-refractivity contribution in [2.45, 2.75) is 19.0 Å². The molecule has 7 nitrogen and oxygen atoms in total. The fourth-order valence-electron chi connectivity index (χ4n) is 2.28. The molecule has 0 aliphatic heterocycles. The summed E-state index contributed by atoms with van der Waals surface area (Å²) in [5, 5.41) is 15.4. The van der Waals surface area contributed by atoms with E-state index in [1.54, 1.807) is 7.05 Å². The summed E-state index contributed by atoms with van der Waals surface area (Å²) in [5.74, 6) is 0.747. The molecule has 1 N–H and O–H groups in total. The SMILES string of the molecule is CNC(Cc1nnn(C)n1)Cn1cnc2ccccc21. The lowest BCUT2D eigenvalue weighted by Crippen LogP contribution is -2.32. The molecule has 1 aromatic carbocycles. The van der Waals surface area contributed by atoms with E-state index in [-0.39, 0.29) is 6.04 Å². The Labute approximate surface area is 116 Å². The fraction of sp³-hybridized carbons (Fsp3) is 0.385. The number of nitrogens with one attached hydrogen (secondary N) is 1. The molecule has 0 amide bonds. The van der Waals surface area contributed by atoms with Gasteiger partial charge in [-0.2, -0.15) is 4.80 Å². The molecule has 3 rings (SSSR count). The first-order chi connectivity index (χ1) is 9.76. The van der Waals surface area contributed by atoms with Crippen LogP contribution in [0.15, 0.2) is 30.6 Å². The predicted octanol–water partition coefficient (Wildman–Crippen LogP) is 0.390. The number of para-hydroxylation sites is 2. The van der Waals surface area contributed by atoms with Crippen LogP contribution >= 0.6 is 0 Å². The molecule has 0 spiro atoms. The Kier molecular flexibility index (Phi) is 3.42. The smallest absolute Gasteiger partial charge is 0.176 e. The number of aryl methyl sites for hydroxylation is 1. The molecule has 0 saturated heterocycles. The zero-order valence-electron chi connectivity index (χ0n) is 11.6. The second kappa shape index (κ2) is 5.38. The Morgan fingerprint density at radius 2 is 2.15 bits per heavy atom. The van der Waals surface area contributed by atoms with Crippen LogP contribution in [0.2, 0.25) is 0 Å². The Hall–Kier alpha value is -2.28.